The Bertz CT molecular complexity index is 988. The molecule has 138 valence electrons. The molecule has 1 aliphatic rings. The van der Waals surface area contributed by atoms with Crippen molar-refractivity contribution in [1.29, 1.82) is 0 Å². The van der Waals surface area contributed by atoms with Gasteiger partial charge in [0.2, 0.25) is 5.88 Å². The van der Waals surface area contributed by atoms with E-state index in [1.54, 1.807) is 29.3 Å². The number of carbonyl (C=O) groups is 1. The summed E-state index contributed by atoms with van der Waals surface area (Å²) in [6.45, 7) is 1.18. The number of piperidine rings is 1. The molecular formula is C20H17Cl2N3O2. The highest BCUT2D eigenvalue weighted by Crippen LogP contribution is 2.25. The Kier molecular flexibility index (Phi) is 5.14. The van der Waals surface area contributed by atoms with Crippen LogP contribution in [0.4, 0.5) is 0 Å². The molecule has 1 amide bonds. The van der Waals surface area contributed by atoms with Crippen molar-refractivity contribution < 1.29 is 9.53 Å². The molecule has 4 rings (SSSR count). The smallest absolute Gasteiger partial charge is 0.255 e. The summed E-state index contributed by atoms with van der Waals surface area (Å²) >= 11 is 12.1. The van der Waals surface area contributed by atoms with E-state index in [0.717, 1.165) is 23.9 Å². The van der Waals surface area contributed by atoms with E-state index < -0.39 is 0 Å². The number of likely N-dealkylation sites (tertiary alicyclic amines) is 1. The fourth-order valence-electron chi connectivity index (χ4n) is 3.18. The molecule has 2 aromatic carbocycles. The van der Waals surface area contributed by atoms with Crippen molar-refractivity contribution in [2.24, 2.45) is 0 Å². The molecular weight excluding hydrogens is 385 g/mol. The van der Waals surface area contributed by atoms with Gasteiger partial charge in [-0.3, -0.25) is 4.79 Å². The lowest BCUT2D eigenvalue weighted by atomic mass is 10.1. The molecule has 1 saturated heterocycles. The van der Waals surface area contributed by atoms with E-state index >= 15 is 0 Å². The average molecular weight is 402 g/mol. The Morgan fingerprint density at radius 3 is 2.59 bits per heavy atom. The van der Waals surface area contributed by atoms with Crippen LogP contribution in [-0.2, 0) is 0 Å². The number of para-hydroxylation sites is 2. The second-order valence-electron chi connectivity index (χ2n) is 6.43. The molecule has 0 N–H and O–H groups in total. The normalized spacial score (nSPS) is 15.1. The number of aromatic nitrogens is 2. The first-order valence-corrected chi connectivity index (χ1v) is 9.48. The van der Waals surface area contributed by atoms with Gasteiger partial charge in [0.1, 0.15) is 6.10 Å². The molecule has 0 atom stereocenters. The van der Waals surface area contributed by atoms with Crippen LogP contribution in [-0.4, -0.2) is 40.0 Å². The maximum atomic E-state index is 12.7. The number of fused-ring (bicyclic) bond motifs is 1. The first kappa shape index (κ1) is 18.0. The van der Waals surface area contributed by atoms with E-state index in [0.29, 0.717) is 34.6 Å². The van der Waals surface area contributed by atoms with Crippen molar-refractivity contribution in [3.05, 3.63) is 64.3 Å². The molecule has 0 saturated carbocycles. The summed E-state index contributed by atoms with van der Waals surface area (Å²) in [6.07, 6.45) is 3.09. The Morgan fingerprint density at radius 1 is 1.07 bits per heavy atom. The monoisotopic (exact) mass is 401 g/mol. The molecule has 27 heavy (non-hydrogen) atoms. The van der Waals surface area contributed by atoms with Crippen molar-refractivity contribution >= 4 is 40.1 Å². The lowest BCUT2D eigenvalue weighted by Gasteiger charge is -2.32. The van der Waals surface area contributed by atoms with Crippen LogP contribution < -0.4 is 4.74 Å². The number of ether oxygens (including phenoxy) is 1. The summed E-state index contributed by atoms with van der Waals surface area (Å²) in [5.74, 6) is 0.405. The Balaban J connectivity index is 1.39. The first-order valence-electron chi connectivity index (χ1n) is 8.73. The lowest BCUT2D eigenvalue weighted by molar-refractivity contribution is 0.0588. The zero-order valence-electron chi connectivity index (χ0n) is 14.4. The van der Waals surface area contributed by atoms with Gasteiger partial charge in [-0.1, -0.05) is 35.3 Å². The maximum absolute atomic E-state index is 12.7. The van der Waals surface area contributed by atoms with Gasteiger partial charge in [0.25, 0.3) is 5.91 Å². The van der Waals surface area contributed by atoms with Crippen molar-refractivity contribution in [3.63, 3.8) is 0 Å². The zero-order valence-corrected chi connectivity index (χ0v) is 16.0. The number of rotatable bonds is 3. The quantitative estimate of drug-likeness (QED) is 0.642. The van der Waals surface area contributed by atoms with Gasteiger partial charge in [-0.05, 0) is 30.3 Å². The standard InChI is InChI=1S/C20H17Cl2N3O2/c21-13-5-6-16(22)15(11-13)20(26)25-9-7-14(8-10-25)27-19-12-23-17-3-1-2-4-18(17)24-19/h1-6,11-12,14H,7-10H2. The maximum Gasteiger partial charge on any atom is 0.255 e. The van der Waals surface area contributed by atoms with E-state index in [9.17, 15) is 4.79 Å². The molecule has 2 heterocycles. The fraction of sp³-hybridized carbons (Fsp3) is 0.250. The number of halogens is 2. The Morgan fingerprint density at radius 2 is 1.81 bits per heavy atom. The highest BCUT2D eigenvalue weighted by molar-refractivity contribution is 6.35. The molecule has 1 aliphatic heterocycles. The predicted octanol–water partition coefficient (Wildman–Crippen LogP) is 4.62. The lowest BCUT2D eigenvalue weighted by Crippen LogP contribution is -2.42. The summed E-state index contributed by atoms with van der Waals surface area (Å²) in [4.78, 5) is 23.3. The van der Waals surface area contributed by atoms with Crippen molar-refractivity contribution in [2.45, 2.75) is 18.9 Å². The van der Waals surface area contributed by atoms with Crippen molar-refractivity contribution in [1.82, 2.24) is 14.9 Å². The van der Waals surface area contributed by atoms with Crippen LogP contribution in [0.5, 0.6) is 5.88 Å². The van der Waals surface area contributed by atoms with Crippen LogP contribution in [0, 0.1) is 0 Å². The summed E-state index contributed by atoms with van der Waals surface area (Å²) in [5.41, 5.74) is 2.07. The van der Waals surface area contributed by atoms with E-state index in [1.165, 1.54) is 0 Å². The zero-order chi connectivity index (χ0) is 18.8. The van der Waals surface area contributed by atoms with Gasteiger partial charge in [-0.25, -0.2) is 9.97 Å². The average Bonchev–Trinajstić information content (AvgIpc) is 2.70. The minimum Gasteiger partial charge on any atom is -0.473 e. The van der Waals surface area contributed by atoms with Crippen LogP contribution in [0.3, 0.4) is 0 Å². The molecule has 5 nitrogen and oxygen atoms in total. The van der Waals surface area contributed by atoms with Gasteiger partial charge >= 0.3 is 0 Å². The third-order valence-electron chi connectivity index (χ3n) is 4.60. The van der Waals surface area contributed by atoms with Crippen LogP contribution in [0.25, 0.3) is 11.0 Å². The molecule has 7 heteroatoms. The number of amides is 1. The minimum absolute atomic E-state index is 0.000606. The Hall–Kier alpha value is -2.37. The summed E-state index contributed by atoms with van der Waals surface area (Å²) in [6, 6.07) is 12.6. The van der Waals surface area contributed by atoms with Crippen LogP contribution in [0.1, 0.15) is 23.2 Å². The summed E-state index contributed by atoms with van der Waals surface area (Å²) < 4.78 is 5.98. The van der Waals surface area contributed by atoms with Crippen molar-refractivity contribution in [3.8, 4) is 5.88 Å². The molecule has 0 radical (unpaired) electrons. The van der Waals surface area contributed by atoms with Crippen LogP contribution >= 0.6 is 23.2 Å². The second kappa shape index (κ2) is 7.71. The summed E-state index contributed by atoms with van der Waals surface area (Å²) in [5, 5.41) is 0.907. The Labute approximate surface area is 166 Å². The van der Waals surface area contributed by atoms with E-state index in [2.05, 4.69) is 9.97 Å². The fourth-order valence-corrected chi connectivity index (χ4v) is 3.55. The third-order valence-corrected chi connectivity index (χ3v) is 5.17. The van der Waals surface area contributed by atoms with Gasteiger partial charge in [0.15, 0.2) is 0 Å². The number of benzene rings is 2. The van der Waals surface area contributed by atoms with Gasteiger partial charge in [0.05, 0.1) is 27.8 Å². The second-order valence-corrected chi connectivity index (χ2v) is 7.27. The molecule has 0 spiro atoms. The highest BCUT2D eigenvalue weighted by Gasteiger charge is 2.26. The number of hydrogen-bond donors (Lipinski definition) is 0. The van der Waals surface area contributed by atoms with E-state index in [4.69, 9.17) is 27.9 Å². The van der Waals surface area contributed by atoms with Crippen LogP contribution in [0.15, 0.2) is 48.7 Å². The molecule has 0 bridgehead atoms. The van der Waals surface area contributed by atoms with E-state index in [1.807, 2.05) is 24.3 Å². The third kappa shape index (κ3) is 3.99. The highest BCUT2D eigenvalue weighted by atomic mass is 35.5. The molecule has 3 aromatic rings. The SMILES string of the molecule is O=C(c1cc(Cl)ccc1Cl)N1CCC(Oc2cnc3ccccc3n2)CC1. The van der Waals surface area contributed by atoms with Gasteiger partial charge < -0.3 is 9.64 Å². The molecule has 0 aliphatic carbocycles. The van der Waals surface area contributed by atoms with Gasteiger partial charge in [0, 0.05) is 31.0 Å². The molecule has 1 aromatic heterocycles. The minimum atomic E-state index is -0.105. The summed E-state index contributed by atoms with van der Waals surface area (Å²) in [7, 11) is 0. The molecule has 1 fully saturated rings. The van der Waals surface area contributed by atoms with E-state index in [-0.39, 0.29) is 12.0 Å². The first-order chi connectivity index (χ1) is 13.1. The number of carbonyl (C=O) groups excluding carboxylic acids is 1. The molecule has 0 unspecified atom stereocenters. The van der Waals surface area contributed by atoms with Gasteiger partial charge in [-0.2, -0.15) is 0 Å². The topological polar surface area (TPSA) is 55.3 Å². The van der Waals surface area contributed by atoms with Crippen LogP contribution in [0.2, 0.25) is 10.0 Å². The van der Waals surface area contributed by atoms with Crippen molar-refractivity contribution in [2.75, 3.05) is 13.1 Å². The predicted molar refractivity (Wildman–Crippen MR) is 106 cm³/mol. The largest absolute Gasteiger partial charge is 0.473 e. The van der Waals surface area contributed by atoms with Gasteiger partial charge in [-0.15, -0.1) is 0 Å². The number of hydrogen-bond acceptors (Lipinski definition) is 4. The number of nitrogens with zero attached hydrogens (tertiary/aromatic N) is 3.